The van der Waals surface area contributed by atoms with Gasteiger partial charge in [0.15, 0.2) is 0 Å². The minimum Gasteiger partial charge on any atom is -0.496 e. The van der Waals surface area contributed by atoms with Crippen LogP contribution in [0.15, 0.2) is 33.4 Å². The summed E-state index contributed by atoms with van der Waals surface area (Å²) in [4.78, 5) is 0. The monoisotopic (exact) mass is 373 g/mol. The van der Waals surface area contributed by atoms with Gasteiger partial charge in [-0.05, 0) is 52.0 Å². The van der Waals surface area contributed by atoms with Gasteiger partial charge in [0.2, 0.25) is 0 Å². The Labute approximate surface area is 137 Å². The van der Waals surface area contributed by atoms with E-state index in [1.54, 1.807) is 18.4 Å². The van der Waals surface area contributed by atoms with Crippen LogP contribution >= 0.6 is 38.9 Å². The standard InChI is InChI=1S/C15H17BrClNOS/c1-3-6-18-15(12-8-20-9-13(12)16)11-5-4-10(17)7-14(11)19-2/h4-5,7-9,15,18H,3,6H2,1-2H3. The van der Waals surface area contributed by atoms with Crippen LogP contribution in [0, 0.1) is 0 Å². The van der Waals surface area contributed by atoms with Crippen molar-refractivity contribution in [1.29, 1.82) is 0 Å². The van der Waals surface area contributed by atoms with Gasteiger partial charge < -0.3 is 10.1 Å². The second-order valence-electron chi connectivity index (χ2n) is 4.45. The number of ether oxygens (including phenoxy) is 1. The molecule has 1 atom stereocenters. The van der Waals surface area contributed by atoms with Crippen LogP contribution < -0.4 is 10.1 Å². The summed E-state index contributed by atoms with van der Waals surface area (Å²) in [6.45, 7) is 3.10. The number of halogens is 2. The first-order valence-electron chi connectivity index (χ1n) is 6.45. The molecule has 2 rings (SSSR count). The lowest BCUT2D eigenvalue weighted by molar-refractivity contribution is 0.404. The molecule has 0 amide bonds. The Morgan fingerprint density at radius 3 is 2.75 bits per heavy atom. The van der Waals surface area contributed by atoms with Crippen LogP contribution in [-0.2, 0) is 0 Å². The van der Waals surface area contributed by atoms with E-state index in [9.17, 15) is 0 Å². The van der Waals surface area contributed by atoms with Crippen molar-refractivity contribution in [3.63, 3.8) is 0 Å². The second-order valence-corrected chi connectivity index (χ2v) is 6.48. The number of benzene rings is 1. The number of hydrogen-bond acceptors (Lipinski definition) is 3. The molecule has 108 valence electrons. The van der Waals surface area contributed by atoms with E-state index in [1.807, 2.05) is 18.2 Å². The molecule has 0 aliphatic carbocycles. The van der Waals surface area contributed by atoms with Crippen molar-refractivity contribution in [3.05, 3.63) is 49.6 Å². The Bertz CT molecular complexity index is 573. The third kappa shape index (κ3) is 3.55. The Morgan fingerprint density at radius 2 is 2.15 bits per heavy atom. The first-order chi connectivity index (χ1) is 9.67. The normalized spacial score (nSPS) is 12.4. The molecule has 1 aromatic heterocycles. The van der Waals surface area contributed by atoms with Crippen molar-refractivity contribution in [2.75, 3.05) is 13.7 Å². The number of methoxy groups -OCH3 is 1. The summed E-state index contributed by atoms with van der Waals surface area (Å²) in [6, 6.07) is 5.89. The van der Waals surface area contributed by atoms with Crippen LogP contribution in [0.5, 0.6) is 5.75 Å². The predicted molar refractivity (Wildman–Crippen MR) is 90.2 cm³/mol. The molecule has 2 aromatic rings. The van der Waals surface area contributed by atoms with Gasteiger partial charge in [-0.25, -0.2) is 0 Å². The average Bonchev–Trinajstić information content (AvgIpc) is 2.86. The zero-order chi connectivity index (χ0) is 14.5. The minimum absolute atomic E-state index is 0.0998. The van der Waals surface area contributed by atoms with Crippen LogP contribution in [0.2, 0.25) is 5.02 Å². The predicted octanol–water partition coefficient (Wildman–Crippen LogP) is 5.26. The molecule has 0 spiro atoms. The fraction of sp³-hybridized carbons (Fsp3) is 0.333. The van der Waals surface area contributed by atoms with Crippen LogP contribution in [0.4, 0.5) is 0 Å². The van der Waals surface area contributed by atoms with E-state index < -0.39 is 0 Å². The largest absolute Gasteiger partial charge is 0.496 e. The van der Waals surface area contributed by atoms with Crippen LogP contribution in [0.1, 0.15) is 30.5 Å². The molecule has 1 aromatic carbocycles. The maximum Gasteiger partial charge on any atom is 0.125 e. The number of rotatable bonds is 6. The highest BCUT2D eigenvalue weighted by molar-refractivity contribution is 9.10. The molecule has 2 nitrogen and oxygen atoms in total. The van der Waals surface area contributed by atoms with Crippen molar-refractivity contribution in [2.24, 2.45) is 0 Å². The van der Waals surface area contributed by atoms with Gasteiger partial charge in [0, 0.05) is 20.4 Å². The molecule has 0 aliphatic heterocycles. The van der Waals surface area contributed by atoms with Gasteiger partial charge in [-0.15, -0.1) is 0 Å². The molecule has 0 aliphatic rings. The summed E-state index contributed by atoms with van der Waals surface area (Å²) < 4.78 is 6.61. The van der Waals surface area contributed by atoms with Crippen LogP contribution in [-0.4, -0.2) is 13.7 Å². The highest BCUT2D eigenvalue weighted by Crippen LogP contribution is 2.36. The zero-order valence-electron chi connectivity index (χ0n) is 11.5. The smallest absolute Gasteiger partial charge is 0.125 e. The van der Waals surface area contributed by atoms with E-state index in [2.05, 4.69) is 38.9 Å². The lowest BCUT2D eigenvalue weighted by atomic mass is 10.00. The Morgan fingerprint density at radius 1 is 1.35 bits per heavy atom. The van der Waals surface area contributed by atoms with Gasteiger partial charge in [-0.3, -0.25) is 0 Å². The highest BCUT2D eigenvalue weighted by Gasteiger charge is 2.20. The molecule has 0 fully saturated rings. The van der Waals surface area contributed by atoms with Gasteiger partial charge in [-0.2, -0.15) is 11.3 Å². The van der Waals surface area contributed by atoms with Crippen LogP contribution in [0.25, 0.3) is 0 Å². The number of nitrogens with one attached hydrogen (secondary N) is 1. The number of hydrogen-bond donors (Lipinski definition) is 1. The van der Waals surface area contributed by atoms with Crippen molar-refractivity contribution in [1.82, 2.24) is 5.32 Å². The van der Waals surface area contributed by atoms with Crippen molar-refractivity contribution >= 4 is 38.9 Å². The summed E-state index contributed by atoms with van der Waals surface area (Å²) in [5.41, 5.74) is 2.33. The topological polar surface area (TPSA) is 21.3 Å². The lowest BCUT2D eigenvalue weighted by Crippen LogP contribution is -2.23. The van der Waals surface area contributed by atoms with Crippen LogP contribution in [0.3, 0.4) is 0 Å². The summed E-state index contributed by atoms with van der Waals surface area (Å²) in [5, 5.41) is 8.51. The third-order valence-corrected chi connectivity index (χ3v) is 5.04. The molecule has 1 N–H and O–H groups in total. The molecular weight excluding hydrogens is 358 g/mol. The third-order valence-electron chi connectivity index (χ3n) is 3.06. The van der Waals surface area contributed by atoms with E-state index in [1.165, 1.54) is 5.56 Å². The summed E-state index contributed by atoms with van der Waals surface area (Å²) in [5.74, 6) is 0.809. The first kappa shape index (κ1) is 15.8. The Hall–Kier alpha value is -0.550. The van der Waals surface area contributed by atoms with E-state index in [0.29, 0.717) is 5.02 Å². The van der Waals surface area contributed by atoms with Gasteiger partial charge in [-0.1, -0.05) is 24.6 Å². The maximum absolute atomic E-state index is 6.05. The highest BCUT2D eigenvalue weighted by atomic mass is 79.9. The summed E-state index contributed by atoms with van der Waals surface area (Å²) in [6.07, 6.45) is 1.08. The van der Waals surface area contributed by atoms with Gasteiger partial charge >= 0.3 is 0 Å². The quantitative estimate of drug-likeness (QED) is 0.744. The molecule has 20 heavy (non-hydrogen) atoms. The molecule has 1 heterocycles. The van der Waals surface area contributed by atoms with E-state index in [0.717, 1.165) is 28.8 Å². The SMILES string of the molecule is CCCNC(c1cscc1Br)c1ccc(Cl)cc1OC. The summed E-state index contributed by atoms with van der Waals surface area (Å²) >= 11 is 11.4. The first-order valence-corrected chi connectivity index (χ1v) is 8.57. The second kappa shape index (κ2) is 7.46. The van der Waals surface area contributed by atoms with E-state index in [4.69, 9.17) is 16.3 Å². The maximum atomic E-state index is 6.05. The number of thiophene rings is 1. The fourth-order valence-corrected chi connectivity index (χ4v) is 3.81. The molecule has 1 unspecified atom stereocenters. The summed E-state index contributed by atoms with van der Waals surface area (Å²) in [7, 11) is 1.68. The van der Waals surface area contributed by atoms with Gasteiger partial charge in [0.25, 0.3) is 0 Å². The van der Waals surface area contributed by atoms with E-state index >= 15 is 0 Å². The molecular formula is C15H17BrClNOS. The lowest BCUT2D eigenvalue weighted by Gasteiger charge is -2.21. The van der Waals surface area contributed by atoms with Crippen molar-refractivity contribution < 1.29 is 4.74 Å². The van der Waals surface area contributed by atoms with E-state index in [-0.39, 0.29) is 6.04 Å². The average molecular weight is 375 g/mol. The molecule has 0 saturated heterocycles. The molecule has 5 heteroatoms. The molecule has 0 saturated carbocycles. The van der Waals surface area contributed by atoms with Crippen molar-refractivity contribution in [3.8, 4) is 5.75 Å². The minimum atomic E-state index is 0.0998. The zero-order valence-corrected chi connectivity index (χ0v) is 14.6. The van der Waals surface area contributed by atoms with Gasteiger partial charge in [0.1, 0.15) is 5.75 Å². The Kier molecular flexibility index (Phi) is 5.90. The van der Waals surface area contributed by atoms with Crippen molar-refractivity contribution in [2.45, 2.75) is 19.4 Å². The van der Waals surface area contributed by atoms with Gasteiger partial charge in [0.05, 0.1) is 13.2 Å². The fourth-order valence-electron chi connectivity index (χ4n) is 2.10. The Balaban J connectivity index is 2.43. The molecule has 0 radical (unpaired) electrons. The molecule has 0 bridgehead atoms.